The minimum Gasteiger partial charge on any atom is -0.497 e. The van der Waals surface area contributed by atoms with Crippen LogP contribution < -0.4 is 9.04 Å². The summed E-state index contributed by atoms with van der Waals surface area (Å²) in [6.45, 7) is 4.03. The minimum absolute atomic E-state index is 0.240. The molecule has 0 aromatic heterocycles. The Balaban J connectivity index is 2.06. The number of hydrogen-bond donors (Lipinski definition) is 0. The van der Waals surface area contributed by atoms with Crippen molar-refractivity contribution in [3.63, 3.8) is 0 Å². The smallest absolute Gasteiger partial charge is 0.264 e. The van der Waals surface area contributed by atoms with Crippen molar-refractivity contribution in [1.82, 2.24) is 0 Å². The zero-order chi connectivity index (χ0) is 19.4. The molecule has 3 rings (SSSR count). The lowest BCUT2D eigenvalue weighted by atomic mass is 10.2. The molecule has 0 radical (unpaired) electrons. The Kier molecular flexibility index (Phi) is 5.51. The van der Waals surface area contributed by atoms with E-state index < -0.39 is 10.0 Å². The summed E-state index contributed by atoms with van der Waals surface area (Å²) < 4.78 is 33.6. The van der Waals surface area contributed by atoms with E-state index in [0.29, 0.717) is 10.6 Å². The maximum Gasteiger partial charge on any atom is 0.264 e. The van der Waals surface area contributed by atoms with E-state index in [9.17, 15) is 8.42 Å². The summed E-state index contributed by atoms with van der Waals surface area (Å²) in [6, 6.07) is 22.0. The number of sulfonamides is 1. The first-order valence-electron chi connectivity index (χ1n) is 8.70. The molecule has 0 saturated carbocycles. The molecule has 0 bridgehead atoms. The molecule has 3 aromatic rings. The maximum atomic E-state index is 13.5. The highest BCUT2D eigenvalue weighted by molar-refractivity contribution is 7.92. The largest absolute Gasteiger partial charge is 0.497 e. The number of nitrogens with zero attached hydrogens (tertiary/aromatic N) is 1. The topological polar surface area (TPSA) is 46.6 Å². The van der Waals surface area contributed by atoms with Gasteiger partial charge in [0.1, 0.15) is 5.75 Å². The average molecular weight is 381 g/mol. The van der Waals surface area contributed by atoms with E-state index in [1.165, 1.54) is 4.31 Å². The highest BCUT2D eigenvalue weighted by atomic mass is 32.2. The summed E-state index contributed by atoms with van der Waals surface area (Å²) >= 11 is 0. The number of aryl methyl sites for hydroxylation is 2. The van der Waals surface area contributed by atoms with Crippen molar-refractivity contribution in [1.29, 1.82) is 0 Å². The van der Waals surface area contributed by atoms with Crippen LogP contribution in [0.4, 0.5) is 5.69 Å². The van der Waals surface area contributed by atoms with E-state index >= 15 is 0 Å². The molecule has 0 aliphatic carbocycles. The Hall–Kier alpha value is -2.79. The lowest BCUT2D eigenvalue weighted by molar-refractivity contribution is 0.414. The Morgan fingerprint density at radius 3 is 2.07 bits per heavy atom. The molecule has 0 heterocycles. The van der Waals surface area contributed by atoms with Crippen LogP contribution in [-0.2, 0) is 16.6 Å². The first kappa shape index (κ1) is 19.0. The van der Waals surface area contributed by atoms with Gasteiger partial charge in [0.15, 0.2) is 0 Å². The fraction of sp³-hybridized carbons (Fsp3) is 0.182. The van der Waals surface area contributed by atoms with E-state index in [2.05, 4.69) is 0 Å². The number of hydrogen-bond acceptors (Lipinski definition) is 3. The minimum atomic E-state index is -3.71. The average Bonchev–Trinajstić information content (AvgIpc) is 2.67. The van der Waals surface area contributed by atoms with Crippen LogP contribution in [0.15, 0.2) is 77.7 Å². The van der Waals surface area contributed by atoms with E-state index in [1.54, 1.807) is 19.2 Å². The third kappa shape index (κ3) is 4.14. The van der Waals surface area contributed by atoms with Crippen molar-refractivity contribution in [2.24, 2.45) is 0 Å². The number of benzene rings is 3. The molecular weight excluding hydrogens is 358 g/mol. The van der Waals surface area contributed by atoms with Gasteiger partial charge in [0, 0.05) is 0 Å². The SMILES string of the molecule is COc1ccc(CN(c2ccc(C)cc2)S(=O)(=O)c2ccccc2C)cc1. The monoisotopic (exact) mass is 381 g/mol. The van der Waals surface area contributed by atoms with Crippen molar-refractivity contribution in [2.75, 3.05) is 11.4 Å². The molecule has 0 amide bonds. The summed E-state index contributed by atoms with van der Waals surface area (Å²) in [7, 11) is -2.10. The Bertz CT molecular complexity index is 1010. The molecular formula is C22H23NO3S. The second-order valence-electron chi connectivity index (χ2n) is 6.46. The van der Waals surface area contributed by atoms with E-state index in [1.807, 2.05) is 74.5 Å². The van der Waals surface area contributed by atoms with Crippen molar-refractivity contribution in [3.8, 4) is 5.75 Å². The number of ether oxygens (including phenoxy) is 1. The van der Waals surface area contributed by atoms with E-state index in [-0.39, 0.29) is 6.54 Å². The summed E-state index contributed by atoms with van der Waals surface area (Å²) in [4.78, 5) is 0.319. The van der Waals surface area contributed by atoms with Crippen LogP contribution in [0.5, 0.6) is 5.75 Å². The lowest BCUT2D eigenvalue weighted by Gasteiger charge is -2.25. The van der Waals surface area contributed by atoms with Gasteiger partial charge < -0.3 is 4.74 Å². The van der Waals surface area contributed by atoms with Crippen LogP contribution in [0.3, 0.4) is 0 Å². The molecule has 27 heavy (non-hydrogen) atoms. The maximum absolute atomic E-state index is 13.5. The molecule has 0 saturated heterocycles. The van der Waals surface area contributed by atoms with Gasteiger partial charge in [-0.2, -0.15) is 0 Å². The number of methoxy groups -OCH3 is 1. The molecule has 0 unspecified atom stereocenters. The van der Waals surface area contributed by atoms with Crippen molar-refractivity contribution in [3.05, 3.63) is 89.5 Å². The van der Waals surface area contributed by atoms with Crippen molar-refractivity contribution in [2.45, 2.75) is 25.3 Å². The lowest BCUT2D eigenvalue weighted by Crippen LogP contribution is -2.31. The number of rotatable bonds is 6. The van der Waals surface area contributed by atoms with Crippen LogP contribution in [-0.4, -0.2) is 15.5 Å². The molecule has 0 atom stereocenters. The quantitative estimate of drug-likeness (QED) is 0.621. The van der Waals surface area contributed by atoms with Gasteiger partial charge in [-0.3, -0.25) is 4.31 Å². The van der Waals surface area contributed by atoms with Gasteiger partial charge in [-0.15, -0.1) is 0 Å². The standard InChI is InChI=1S/C22H23NO3S/c1-17-8-12-20(13-9-17)23(16-19-10-14-21(26-3)15-11-19)27(24,25)22-7-5-4-6-18(22)2/h4-15H,16H2,1-3H3. The fourth-order valence-corrected chi connectivity index (χ4v) is 4.57. The summed E-state index contributed by atoms with van der Waals surface area (Å²) in [5.41, 5.74) is 3.33. The van der Waals surface area contributed by atoms with Crippen LogP contribution in [0, 0.1) is 13.8 Å². The predicted molar refractivity (Wildman–Crippen MR) is 109 cm³/mol. The highest BCUT2D eigenvalue weighted by Gasteiger charge is 2.26. The van der Waals surface area contributed by atoms with Gasteiger partial charge in [0.05, 0.1) is 24.2 Å². The van der Waals surface area contributed by atoms with Gasteiger partial charge in [-0.05, 0) is 55.3 Å². The Morgan fingerprint density at radius 1 is 0.852 bits per heavy atom. The van der Waals surface area contributed by atoms with Crippen molar-refractivity contribution < 1.29 is 13.2 Å². The van der Waals surface area contributed by atoms with E-state index in [4.69, 9.17) is 4.74 Å². The molecule has 0 aliphatic heterocycles. The van der Waals surface area contributed by atoms with Gasteiger partial charge >= 0.3 is 0 Å². The first-order valence-corrected chi connectivity index (χ1v) is 10.1. The second-order valence-corrected chi connectivity index (χ2v) is 8.29. The van der Waals surface area contributed by atoms with E-state index in [0.717, 1.165) is 22.4 Å². The van der Waals surface area contributed by atoms with Crippen LogP contribution in [0.25, 0.3) is 0 Å². The van der Waals surface area contributed by atoms with Crippen molar-refractivity contribution >= 4 is 15.7 Å². The zero-order valence-electron chi connectivity index (χ0n) is 15.7. The molecule has 4 nitrogen and oxygen atoms in total. The molecule has 0 N–H and O–H groups in total. The van der Waals surface area contributed by atoms with Gasteiger partial charge in [0.2, 0.25) is 0 Å². The van der Waals surface area contributed by atoms with Gasteiger partial charge in [0.25, 0.3) is 10.0 Å². The third-order valence-electron chi connectivity index (χ3n) is 4.47. The molecule has 0 fully saturated rings. The predicted octanol–water partition coefficient (Wildman–Crippen LogP) is 4.71. The fourth-order valence-electron chi connectivity index (χ4n) is 2.89. The van der Waals surface area contributed by atoms with Gasteiger partial charge in [-0.25, -0.2) is 8.42 Å². The molecule has 0 aliphatic rings. The van der Waals surface area contributed by atoms with Crippen LogP contribution >= 0.6 is 0 Å². The second kappa shape index (κ2) is 7.84. The molecule has 140 valence electrons. The normalized spacial score (nSPS) is 11.2. The zero-order valence-corrected chi connectivity index (χ0v) is 16.5. The first-order chi connectivity index (χ1) is 12.9. The Morgan fingerprint density at radius 2 is 1.48 bits per heavy atom. The Labute approximate surface area is 161 Å². The van der Waals surface area contributed by atoms with Crippen LogP contribution in [0.2, 0.25) is 0 Å². The molecule has 0 spiro atoms. The highest BCUT2D eigenvalue weighted by Crippen LogP contribution is 2.28. The summed E-state index contributed by atoms with van der Waals surface area (Å²) in [5, 5.41) is 0. The molecule has 3 aromatic carbocycles. The van der Waals surface area contributed by atoms with Crippen LogP contribution in [0.1, 0.15) is 16.7 Å². The third-order valence-corrected chi connectivity index (χ3v) is 6.40. The number of anilines is 1. The summed E-state index contributed by atoms with van der Waals surface area (Å²) in [5.74, 6) is 0.738. The summed E-state index contributed by atoms with van der Waals surface area (Å²) in [6.07, 6.45) is 0. The van der Waals surface area contributed by atoms with Gasteiger partial charge in [-0.1, -0.05) is 48.0 Å². The molecule has 5 heteroatoms.